The van der Waals surface area contributed by atoms with Gasteiger partial charge in [-0.15, -0.1) is 0 Å². The van der Waals surface area contributed by atoms with Crippen LogP contribution in [0, 0.1) is 0 Å². The number of amides is 2. The van der Waals surface area contributed by atoms with Gasteiger partial charge in [0.25, 0.3) is 0 Å². The highest BCUT2D eigenvalue weighted by Crippen LogP contribution is 2.16. The van der Waals surface area contributed by atoms with Gasteiger partial charge in [-0.1, -0.05) is 28.1 Å². The quantitative estimate of drug-likeness (QED) is 0.849. The zero-order valence-corrected chi connectivity index (χ0v) is 16.1. The Hall–Kier alpha value is -1.56. The fourth-order valence-electron chi connectivity index (χ4n) is 2.64. The largest absolute Gasteiger partial charge is 0.444 e. The van der Waals surface area contributed by atoms with E-state index in [1.807, 2.05) is 45.0 Å². The van der Waals surface area contributed by atoms with Crippen molar-refractivity contribution in [3.05, 3.63) is 34.3 Å². The summed E-state index contributed by atoms with van der Waals surface area (Å²) in [7, 11) is 0. The molecular weight excluding hydrogens is 372 g/mol. The van der Waals surface area contributed by atoms with Crippen LogP contribution in [-0.2, 0) is 16.0 Å². The summed E-state index contributed by atoms with van der Waals surface area (Å²) < 4.78 is 6.35. The first-order valence-electron chi connectivity index (χ1n) is 8.25. The fraction of sp³-hybridized carbons (Fsp3) is 0.556. The average molecular weight is 397 g/mol. The molecule has 1 N–H and O–H groups in total. The second kappa shape index (κ2) is 8.01. The summed E-state index contributed by atoms with van der Waals surface area (Å²) in [6.07, 6.45) is 1.60. The fourth-order valence-corrected chi connectivity index (χ4v) is 3.09. The van der Waals surface area contributed by atoms with Gasteiger partial charge >= 0.3 is 6.09 Å². The van der Waals surface area contributed by atoms with E-state index in [4.69, 9.17) is 4.74 Å². The average Bonchev–Trinajstić information content (AvgIpc) is 2.46. The Labute approximate surface area is 151 Å². The lowest BCUT2D eigenvalue weighted by Gasteiger charge is -2.33. The van der Waals surface area contributed by atoms with Gasteiger partial charge < -0.3 is 15.0 Å². The van der Waals surface area contributed by atoms with Gasteiger partial charge in [0.15, 0.2) is 0 Å². The van der Waals surface area contributed by atoms with Crippen LogP contribution >= 0.6 is 15.9 Å². The summed E-state index contributed by atoms with van der Waals surface area (Å²) in [4.78, 5) is 25.9. The topological polar surface area (TPSA) is 58.6 Å². The maximum Gasteiger partial charge on any atom is 0.410 e. The van der Waals surface area contributed by atoms with Crippen LogP contribution in [0.3, 0.4) is 0 Å². The van der Waals surface area contributed by atoms with Gasteiger partial charge in [-0.3, -0.25) is 4.79 Å². The van der Waals surface area contributed by atoms with Crippen molar-refractivity contribution in [1.29, 1.82) is 0 Å². The molecule has 132 valence electrons. The third kappa shape index (κ3) is 6.15. The molecule has 1 aromatic carbocycles. The molecular formula is C18H25BrN2O3. The van der Waals surface area contributed by atoms with E-state index in [2.05, 4.69) is 21.2 Å². The molecule has 0 spiro atoms. The lowest BCUT2D eigenvalue weighted by molar-refractivity contribution is -0.121. The smallest absolute Gasteiger partial charge is 0.410 e. The molecule has 5 nitrogen and oxygen atoms in total. The molecule has 0 saturated carbocycles. The summed E-state index contributed by atoms with van der Waals surface area (Å²) in [5.74, 6) is 0.0174. The van der Waals surface area contributed by atoms with Crippen molar-refractivity contribution in [3.8, 4) is 0 Å². The van der Waals surface area contributed by atoms with Crippen LogP contribution in [0.1, 0.15) is 39.2 Å². The SMILES string of the molecule is CC(C)(C)OC(=O)N1CCC(NC(=O)Cc2cccc(Br)c2)CC1. The zero-order valence-electron chi connectivity index (χ0n) is 14.5. The maximum absolute atomic E-state index is 12.2. The van der Waals surface area contributed by atoms with E-state index in [0.717, 1.165) is 22.9 Å². The van der Waals surface area contributed by atoms with Crippen LogP contribution in [0.25, 0.3) is 0 Å². The number of hydrogen-bond donors (Lipinski definition) is 1. The number of rotatable bonds is 3. The Morgan fingerprint density at radius 1 is 1.29 bits per heavy atom. The van der Waals surface area contributed by atoms with Gasteiger partial charge in [0.2, 0.25) is 5.91 Å². The normalized spacial score (nSPS) is 15.9. The minimum Gasteiger partial charge on any atom is -0.444 e. The first kappa shape index (κ1) is 18.8. The highest BCUT2D eigenvalue weighted by molar-refractivity contribution is 9.10. The molecule has 1 heterocycles. The Balaban J connectivity index is 1.76. The van der Waals surface area contributed by atoms with Crippen molar-refractivity contribution < 1.29 is 14.3 Å². The molecule has 0 unspecified atom stereocenters. The number of carbonyl (C=O) groups is 2. The first-order valence-corrected chi connectivity index (χ1v) is 9.04. The van der Waals surface area contributed by atoms with Gasteiger partial charge in [-0.2, -0.15) is 0 Å². The highest BCUT2D eigenvalue weighted by atomic mass is 79.9. The summed E-state index contributed by atoms with van der Waals surface area (Å²) in [6.45, 7) is 6.80. The number of nitrogens with one attached hydrogen (secondary N) is 1. The van der Waals surface area contributed by atoms with E-state index >= 15 is 0 Å². The third-order valence-electron chi connectivity index (χ3n) is 3.77. The molecule has 1 aliphatic rings. The van der Waals surface area contributed by atoms with Gasteiger partial charge in [0, 0.05) is 23.6 Å². The van der Waals surface area contributed by atoms with Crippen LogP contribution in [0.4, 0.5) is 4.79 Å². The van der Waals surface area contributed by atoms with E-state index in [0.29, 0.717) is 19.5 Å². The molecule has 1 fully saturated rings. The van der Waals surface area contributed by atoms with Crippen LogP contribution in [0.5, 0.6) is 0 Å². The molecule has 2 amide bonds. The van der Waals surface area contributed by atoms with E-state index in [-0.39, 0.29) is 18.0 Å². The lowest BCUT2D eigenvalue weighted by atomic mass is 10.0. The van der Waals surface area contributed by atoms with Crippen molar-refractivity contribution in [1.82, 2.24) is 10.2 Å². The summed E-state index contributed by atoms with van der Waals surface area (Å²) in [5, 5.41) is 3.06. The van der Waals surface area contributed by atoms with Crippen LogP contribution in [0.2, 0.25) is 0 Å². The Morgan fingerprint density at radius 3 is 2.54 bits per heavy atom. The molecule has 0 aliphatic carbocycles. The second-order valence-corrected chi connectivity index (χ2v) is 8.03. The molecule has 1 aromatic rings. The van der Waals surface area contributed by atoms with Crippen LogP contribution in [-0.4, -0.2) is 41.6 Å². The number of likely N-dealkylation sites (tertiary alicyclic amines) is 1. The summed E-state index contributed by atoms with van der Waals surface area (Å²) in [6, 6.07) is 7.86. The Morgan fingerprint density at radius 2 is 1.96 bits per heavy atom. The molecule has 0 atom stereocenters. The number of nitrogens with zero attached hydrogens (tertiary/aromatic N) is 1. The molecule has 24 heavy (non-hydrogen) atoms. The minimum atomic E-state index is -0.480. The van der Waals surface area contributed by atoms with Gasteiger partial charge in [0.05, 0.1) is 6.42 Å². The standard InChI is InChI=1S/C18H25BrN2O3/c1-18(2,3)24-17(23)21-9-7-15(8-10-21)20-16(22)12-13-5-4-6-14(19)11-13/h4-6,11,15H,7-10,12H2,1-3H3,(H,20,22). The number of ether oxygens (including phenoxy) is 1. The van der Waals surface area contributed by atoms with E-state index in [9.17, 15) is 9.59 Å². The monoisotopic (exact) mass is 396 g/mol. The third-order valence-corrected chi connectivity index (χ3v) is 4.26. The number of benzene rings is 1. The minimum absolute atomic E-state index is 0.0174. The second-order valence-electron chi connectivity index (χ2n) is 7.12. The molecule has 0 radical (unpaired) electrons. The van der Waals surface area contributed by atoms with E-state index in [1.165, 1.54) is 0 Å². The predicted molar refractivity (Wildman–Crippen MR) is 96.8 cm³/mol. The number of piperidine rings is 1. The Bertz CT molecular complexity index is 590. The maximum atomic E-state index is 12.2. The lowest BCUT2D eigenvalue weighted by Crippen LogP contribution is -2.48. The molecule has 2 rings (SSSR count). The van der Waals surface area contributed by atoms with Crippen molar-refractivity contribution in [2.45, 2.75) is 51.7 Å². The Kier molecular flexibility index (Phi) is 6.27. The van der Waals surface area contributed by atoms with Crippen LogP contribution in [0.15, 0.2) is 28.7 Å². The molecule has 1 aliphatic heterocycles. The van der Waals surface area contributed by atoms with Gasteiger partial charge in [-0.05, 0) is 51.3 Å². The first-order chi connectivity index (χ1) is 11.2. The van der Waals surface area contributed by atoms with Gasteiger partial charge in [-0.25, -0.2) is 4.79 Å². The molecule has 0 bridgehead atoms. The van der Waals surface area contributed by atoms with Crippen molar-refractivity contribution in [3.63, 3.8) is 0 Å². The molecule has 0 aromatic heterocycles. The van der Waals surface area contributed by atoms with Gasteiger partial charge in [0.1, 0.15) is 5.60 Å². The molecule has 6 heteroatoms. The summed E-state index contributed by atoms with van der Waals surface area (Å²) in [5.41, 5.74) is 0.500. The van der Waals surface area contributed by atoms with Crippen LogP contribution < -0.4 is 5.32 Å². The number of carbonyl (C=O) groups excluding carboxylic acids is 2. The van der Waals surface area contributed by atoms with Crippen molar-refractivity contribution >= 4 is 27.9 Å². The summed E-state index contributed by atoms with van der Waals surface area (Å²) >= 11 is 3.41. The van der Waals surface area contributed by atoms with E-state index < -0.39 is 5.60 Å². The number of halogens is 1. The highest BCUT2D eigenvalue weighted by Gasteiger charge is 2.27. The predicted octanol–water partition coefficient (Wildman–Crippen LogP) is 3.51. The van der Waals surface area contributed by atoms with Crippen molar-refractivity contribution in [2.75, 3.05) is 13.1 Å². The van der Waals surface area contributed by atoms with Crippen molar-refractivity contribution in [2.24, 2.45) is 0 Å². The molecule has 1 saturated heterocycles. The van der Waals surface area contributed by atoms with E-state index in [1.54, 1.807) is 4.90 Å². The zero-order chi connectivity index (χ0) is 17.7. The number of hydrogen-bond acceptors (Lipinski definition) is 3.